The molecule has 19 heavy (non-hydrogen) atoms. The van der Waals surface area contributed by atoms with Gasteiger partial charge >= 0.3 is 0 Å². The average Bonchev–Trinajstić information content (AvgIpc) is 2.37. The molecule has 4 heteroatoms. The molecule has 0 aromatic heterocycles. The zero-order valence-electron chi connectivity index (χ0n) is 10.8. The van der Waals surface area contributed by atoms with Gasteiger partial charge in [-0.1, -0.05) is 12.1 Å². The molecule has 1 atom stereocenters. The van der Waals surface area contributed by atoms with E-state index in [4.69, 9.17) is 10.5 Å². The highest BCUT2D eigenvalue weighted by atomic mass is 19.1. The van der Waals surface area contributed by atoms with E-state index in [1.54, 1.807) is 19.2 Å². The minimum absolute atomic E-state index is 0.273. The second kappa shape index (κ2) is 5.36. The van der Waals surface area contributed by atoms with Gasteiger partial charge in [0.05, 0.1) is 13.2 Å². The Labute approximate surface area is 110 Å². The van der Waals surface area contributed by atoms with E-state index < -0.39 is 17.7 Å². The smallest absolute Gasteiger partial charge is 0.131 e. The van der Waals surface area contributed by atoms with Gasteiger partial charge in [0.15, 0.2) is 0 Å². The fourth-order valence-electron chi connectivity index (χ4n) is 2.05. The van der Waals surface area contributed by atoms with Gasteiger partial charge in [0.25, 0.3) is 0 Å². The molecule has 0 aliphatic rings. The molecule has 2 nitrogen and oxygen atoms in total. The van der Waals surface area contributed by atoms with Gasteiger partial charge in [-0.15, -0.1) is 0 Å². The van der Waals surface area contributed by atoms with Crippen LogP contribution < -0.4 is 10.5 Å². The largest absolute Gasteiger partial charge is 0.497 e. The number of aryl methyl sites for hydroxylation is 1. The van der Waals surface area contributed by atoms with Crippen LogP contribution in [0.1, 0.15) is 22.7 Å². The van der Waals surface area contributed by atoms with Crippen molar-refractivity contribution >= 4 is 0 Å². The van der Waals surface area contributed by atoms with Crippen LogP contribution in [0.5, 0.6) is 5.75 Å². The maximum absolute atomic E-state index is 13.7. The maximum atomic E-state index is 13.7. The van der Waals surface area contributed by atoms with Crippen molar-refractivity contribution in [3.05, 3.63) is 64.7 Å². The van der Waals surface area contributed by atoms with Gasteiger partial charge in [-0.2, -0.15) is 0 Å². The zero-order chi connectivity index (χ0) is 14.0. The number of hydrogen-bond donors (Lipinski definition) is 1. The van der Waals surface area contributed by atoms with Crippen LogP contribution in [0, 0.1) is 18.6 Å². The van der Waals surface area contributed by atoms with E-state index in [-0.39, 0.29) is 5.56 Å². The first-order valence-electron chi connectivity index (χ1n) is 5.88. The van der Waals surface area contributed by atoms with Gasteiger partial charge in [0.2, 0.25) is 0 Å². The summed E-state index contributed by atoms with van der Waals surface area (Å²) < 4.78 is 31.7. The van der Waals surface area contributed by atoms with Gasteiger partial charge in [-0.3, -0.25) is 0 Å². The van der Waals surface area contributed by atoms with Gasteiger partial charge in [-0.25, -0.2) is 8.78 Å². The highest BCUT2D eigenvalue weighted by Crippen LogP contribution is 2.27. The zero-order valence-corrected chi connectivity index (χ0v) is 10.8. The highest BCUT2D eigenvalue weighted by Gasteiger charge is 2.16. The topological polar surface area (TPSA) is 35.2 Å². The van der Waals surface area contributed by atoms with Gasteiger partial charge in [0, 0.05) is 11.6 Å². The summed E-state index contributed by atoms with van der Waals surface area (Å²) in [6.45, 7) is 1.87. The molecule has 0 heterocycles. The minimum Gasteiger partial charge on any atom is -0.497 e. The lowest BCUT2D eigenvalue weighted by molar-refractivity contribution is 0.414. The molecule has 2 rings (SSSR count). The normalized spacial score (nSPS) is 12.3. The number of benzene rings is 2. The standard InChI is InChI=1S/C15H15F2NO/c1-9-7-11(19-2)4-6-12(9)15(18)13-5-3-10(16)8-14(13)17/h3-8,15H,18H2,1-2H3. The summed E-state index contributed by atoms with van der Waals surface area (Å²) >= 11 is 0. The second-order valence-corrected chi connectivity index (χ2v) is 4.37. The Morgan fingerprint density at radius 1 is 1.05 bits per heavy atom. The Hall–Kier alpha value is -1.94. The third-order valence-electron chi connectivity index (χ3n) is 3.11. The molecule has 100 valence electrons. The van der Waals surface area contributed by atoms with Crippen molar-refractivity contribution in [2.45, 2.75) is 13.0 Å². The molecule has 0 amide bonds. The Morgan fingerprint density at radius 2 is 1.74 bits per heavy atom. The Morgan fingerprint density at radius 3 is 2.32 bits per heavy atom. The molecule has 0 spiro atoms. The van der Waals surface area contributed by atoms with Crippen LogP contribution in [0.4, 0.5) is 8.78 Å². The van der Waals surface area contributed by atoms with Gasteiger partial charge in [0.1, 0.15) is 17.4 Å². The van der Waals surface area contributed by atoms with E-state index >= 15 is 0 Å². The number of halogens is 2. The predicted molar refractivity (Wildman–Crippen MR) is 70.1 cm³/mol. The second-order valence-electron chi connectivity index (χ2n) is 4.37. The first-order valence-corrected chi connectivity index (χ1v) is 5.88. The summed E-state index contributed by atoms with van der Waals surface area (Å²) in [5, 5.41) is 0. The molecule has 1 unspecified atom stereocenters. The van der Waals surface area contributed by atoms with Crippen molar-refractivity contribution < 1.29 is 13.5 Å². The summed E-state index contributed by atoms with van der Waals surface area (Å²) in [7, 11) is 1.58. The van der Waals surface area contributed by atoms with Crippen molar-refractivity contribution in [1.29, 1.82) is 0 Å². The minimum atomic E-state index is -0.636. The van der Waals surface area contributed by atoms with E-state index in [9.17, 15) is 8.78 Å². The third-order valence-corrected chi connectivity index (χ3v) is 3.11. The number of nitrogens with two attached hydrogens (primary N) is 1. The van der Waals surface area contributed by atoms with E-state index in [2.05, 4.69) is 0 Å². The fourth-order valence-corrected chi connectivity index (χ4v) is 2.05. The summed E-state index contributed by atoms with van der Waals surface area (Å²) in [4.78, 5) is 0. The van der Waals surface area contributed by atoms with E-state index in [1.165, 1.54) is 12.1 Å². The molecule has 0 radical (unpaired) electrons. The maximum Gasteiger partial charge on any atom is 0.131 e. The molecular weight excluding hydrogens is 248 g/mol. The molecular formula is C15H15F2NO. The summed E-state index contributed by atoms with van der Waals surface area (Å²) in [5.41, 5.74) is 8.01. The molecule has 0 fully saturated rings. The molecule has 0 aliphatic carbocycles. The predicted octanol–water partition coefficient (Wildman–Crippen LogP) is 3.33. The highest BCUT2D eigenvalue weighted by molar-refractivity contribution is 5.41. The van der Waals surface area contributed by atoms with Crippen LogP contribution in [0.25, 0.3) is 0 Å². The van der Waals surface area contributed by atoms with Crippen molar-refractivity contribution in [3.8, 4) is 5.75 Å². The Kier molecular flexibility index (Phi) is 3.81. The molecule has 2 aromatic rings. The van der Waals surface area contributed by atoms with E-state index in [0.29, 0.717) is 5.75 Å². The van der Waals surface area contributed by atoms with E-state index in [1.807, 2.05) is 13.0 Å². The van der Waals surface area contributed by atoms with Crippen LogP contribution in [-0.4, -0.2) is 7.11 Å². The molecule has 0 saturated carbocycles. The Balaban J connectivity index is 2.41. The third kappa shape index (κ3) is 2.74. The quantitative estimate of drug-likeness (QED) is 0.921. The van der Waals surface area contributed by atoms with Crippen molar-refractivity contribution in [1.82, 2.24) is 0 Å². The lowest BCUT2D eigenvalue weighted by atomic mass is 9.95. The Bertz CT molecular complexity index is 599. The average molecular weight is 263 g/mol. The van der Waals surface area contributed by atoms with Gasteiger partial charge < -0.3 is 10.5 Å². The molecule has 2 N–H and O–H groups in total. The summed E-state index contributed by atoms with van der Waals surface area (Å²) in [6.07, 6.45) is 0. The van der Waals surface area contributed by atoms with Crippen LogP contribution >= 0.6 is 0 Å². The SMILES string of the molecule is COc1ccc(C(N)c2ccc(F)cc2F)c(C)c1. The first-order chi connectivity index (χ1) is 9.02. The van der Waals surface area contributed by atoms with Crippen molar-refractivity contribution in [2.75, 3.05) is 7.11 Å². The van der Waals surface area contributed by atoms with Crippen LogP contribution in [0.2, 0.25) is 0 Å². The van der Waals surface area contributed by atoms with E-state index in [0.717, 1.165) is 17.2 Å². The number of rotatable bonds is 3. The monoisotopic (exact) mass is 263 g/mol. The molecule has 0 aliphatic heterocycles. The number of hydrogen-bond acceptors (Lipinski definition) is 2. The van der Waals surface area contributed by atoms with Gasteiger partial charge in [-0.05, 0) is 36.2 Å². The lowest BCUT2D eigenvalue weighted by Gasteiger charge is -2.16. The van der Waals surface area contributed by atoms with Crippen LogP contribution in [0.3, 0.4) is 0 Å². The van der Waals surface area contributed by atoms with Crippen LogP contribution in [-0.2, 0) is 0 Å². The molecule has 0 saturated heterocycles. The fraction of sp³-hybridized carbons (Fsp3) is 0.200. The van der Waals surface area contributed by atoms with Crippen LogP contribution in [0.15, 0.2) is 36.4 Å². The number of methoxy groups -OCH3 is 1. The lowest BCUT2D eigenvalue weighted by Crippen LogP contribution is -2.15. The molecule has 2 aromatic carbocycles. The van der Waals surface area contributed by atoms with Crippen molar-refractivity contribution in [3.63, 3.8) is 0 Å². The summed E-state index contributed by atoms with van der Waals surface area (Å²) in [6, 6.07) is 8.18. The van der Waals surface area contributed by atoms with Crippen molar-refractivity contribution in [2.24, 2.45) is 5.73 Å². The summed E-state index contributed by atoms with van der Waals surface area (Å²) in [5.74, 6) is -0.532. The first kappa shape index (κ1) is 13.5. The molecule has 0 bridgehead atoms. The number of ether oxygens (including phenoxy) is 1.